The number of hydrogen-bond acceptors (Lipinski definition) is 4. The Morgan fingerprint density at radius 1 is 1.42 bits per heavy atom. The minimum atomic E-state index is -4.06. The van der Waals surface area contributed by atoms with Gasteiger partial charge in [0.1, 0.15) is 10.7 Å². The van der Waals surface area contributed by atoms with Gasteiger partial charge in [-0.15, -0.1) is 0 Å². The highest BCUT2D eigenvalue weighted by Gasteiger charge is 2.35. The summed E-state index contributed by atoms with van der Waals surface area (Å²) in [5.74, 6) is -0.854. The molecule has 0 atom stereocenters. The van der Waals surface area contributed by atoms with Crippen LogP contribution >= 0.6 is 0 Å². The molecule has 0 aliphatic rings. The van der Waals surface area contributed by atoms with E-state index in [1.165, 1.54) is 7.05 Å². The van der Waals surface area contributed by atoms with Crippen LogP contribution < -0.4 is 5.73 Å². The van der Waals surface area contributed by atoms with Crippen molar-refractivity contribution in [3.05, 3.63) is 23.5 Å². The predicted octanol–water partition coefficient (Wildman–Crippen LogP) is 1.11. The fourth-order valence-corrected chi connectivity index (χ4v) is 3.02. The number of nitrogen functional groups attached to an aromatic ring is 1. The molecule has 0 aliphatic heterocycles. The zero-order valence-electron chi connectivity index (χ0n) is 11.4. The third-order valence-electron chi connectivity index (χ3n) is 3.20. The summed E-state index contributed by atoms with van der Waals surface area (Å²) in [5.41, 5.74) is 5.27. The zero-order chi connectivity index (χ0) is 15.0. The van der Waals surface area contributed by atoms with E-state index in [2.05, 4.69) is 0 Å². The number of aryl methyl sites for hydroxylation is 1. The van der Waals surface area contributed by atoms with Crippen molar-refractivity contribution < 1.29 is 17.9 Å². The number of rotatable bonds is 4. The van der Waals surface area contributed by atoms with Gasteiger partial charge in [-0.1, -0.05) is 0 Å². The monoisotopic (exact) mass is 290 g/mol. The second kappa shape index (κ2) is 5.07. The lowest BCUT2D eigenvalue weighted by Gasteiger charge is -2.32. The molecule has 1 aromatic rings. The SMILES string of the molecule is Cc1cc(F)c(S(=O)(=O)N(C)C(C)(C)CO)cc1N. The molecule has 1 aromatic carbocycles. The van der Waals surface area contributed by atoms with Gasteiger partial charge in [0.2, 0.25) is 10.0 Å². The smallest absolute Gasteiger partial charge is 0.246 e. The first kappa shape index (κ1) is 15.9. The molecule has 19 heavy (non-hydrogen) atoms. The molecule has 0 radical (unpaired) electrons. The largest absolute Gasteiger partial charge is 0.398 e. The fraction of sp³-hybridized carbons (Fsp3) is 0.500. The summed E-state index contributed by atoms with van der Waals surface area (Å²) in [6, 6.07) is 2.19. The lowest BCUT2D eigenvalue weighted by molar-refractivity contribution is 0.137. The van der Waals surface area contributed by atoms with E-state index >= 15 is 0 Å². The van der Waals surface area contributed by atoms with Crippen LogP contribution in [-0.2, 0) is 10.0 Å². The number of halogens is 1. The Balaban J connectivity index is 3.40. The maximum absolute atomic E-state index is 13.9. The summed E-state index contributed by atoms with van der Waals surface area (Å²) in [5, 5.41) is 9.22. The Morgan fingerprint density at radius 2 is 1.95 bits per heavy atom. The van der Waals surface area contributed by atoms with Gasteiger partial charge >= 0.3 is 0 Å². The molecular formula is C12H19FN2O3S. The van der Waals surface area contributed by atoms with Crippen molar-refractivity contribution in [1.82, 2.24) is 4.31 Å². The molecule has 0 unspecified atom stereocenters. The van der Waals surface area contributed by atoms with Crippen LogP contribution in [-0.4, -0.2) is 37.0 Å². The summed E-state index contributed by atoms with van der Waals surface area (Å²) in [6.07, 6.45) is 0. The highest BCUT2D eigenvalue weighted by Crippen LogP contribution is 2.27. The Morgan fingerprint density at radius 3 is 2.42 bits per heavy atom. The Bertz CT molecular complexity index is 585. The number of aliphatic hydroxyl groups excluding tert-OH is 1. The molecule has 3 N–H and O–H groups in total. The molecular weight excluding hydrogens is 271 g/mol. The van der Waals surface area contributed by atoms with Gasteiger partial charge in [-0.2, -0.15) is 4.31 Å². The number of nitrogens with two attached hydrogens (primary N) is 1. The number of sulfonamides is 1. The van der Waals surface area contributed by atoms with E-state index in [1.807, 2.05) is 0 Å². The first-order valence-electron chi connectivity index (χ1n) is 5.69. The lowest BCUT2D eigenvalue weighted by atomic mass is 10.1. The maximum atomic E-state index is 13.9. The average molecular weight is 290 g/mol. The normalized spacial score (nSPS) is 13.0. The van der Waals surface area contributed by atoms with Crippen LogP contribution in [0.3, 0.4) is 0 Å². The molecule has 0 spiro atoms. The van der Waals surface area contributed by atoms with Crippen LogP contribution in [0.1, 0.15) is 19.4 Å². The average Bonchev–Trinajstić information content (AvgIpc) is 2.32. The van der Waals surface area contributed by atoms with E-state index in [-0.39, 0.29) is 12.3 Å². The molecule has 0 saturated heterocycles. The molecule has 0 heterocycles. The molecule has 1 rings (SSSR count). The third kappa shape index (κ3) is 2.88. The summed E-state index contributed by atoms with van der Waals surface area (Å²) in [6.45, 7) is 4.29. The zero-order valence-corrected chi connectivity index (χ0v) is 12.3. The second-order valence-corrected chi connectivity index (χ2v) is 7.02. The topological polar surface area (TPSA) is 83.6 Å². The van der Waals surface area contributed by atoms with Gasteiger partial charge in [-0.05, 0) is 38.5 Å². The summed E-state index contributed by atoms with van der Waals surface area (Å²) in [7, 11) is -2.77. The van der Waals surface area contributed by atoms with Gasteiger partial charge in [0.25, 0.3) is 0 Å². The Kier molecular flexibility index (Phi) is 4.23. The number of aliphatic hydroxyl groups is 1. The number of nitrogens with zero attached hydrogens (tertiary/aromatic N) is 1. The highest BCUT2D eigenvalue weighted by atomic mass is 32.2. The Hall–Kier alpha value is -1.18. The van der Waals surface area contributed by atoms with Crippen molar-refractivity contribution >= 4 is 15.7 Å². The quantitative estimate of drug-likeness (QED) is 0.814. The van der Waals surface area contributed by atoms with Crippen LogP contribution in [0, 0.1) is 12.7 Å². The summed E-state index contributed by atoms with van der Waals surface area (Å²) >= 11 is 0. The molecule has 5 nitrogen and oxygen atoms in total. The standard InChI is InChI=1S/C12H19FN2O3S/c1-8-5-9(13)11(6-10(8)14)19(17,18)15(4)12(2,3)7-16/h5-6,16H,7,14H2,1-4H3. The van der Waals surface area contributed by atoms with Crippen molar-refractivity contribution in [1.29, 1.82) is 0 Å². The minimum absolute atomic E-state index is 0.204. The van der Waals surface area contributed by atoms with Gasteiger partial charge in [0.15, 0.2) is 0 Å². The molecule has 0 amide bonds. The van der Waals surface area contributed by atoms with Gasteiger partial charge in [-0.3, -0.25) is 0 Å². The first-order valence-corrected chi connectivity index (χ1v) is 7.13. The fourth-order valence-electron chi connectivity index (χ4n) is 1.44. The van der Waals surface area contributed by atoms with Crippen molar-refractivity contribution in [2.24, 2.45) is 0 Å². The van der Waals surface area contributed by atoms with E-state index < -0.39 is 26.3 Å². The van der Waals surface area contributed by atoms with Crippen LogP contribution in [0.5, 0.6) is 0 Å². The maximum Gasteiger partial charge on any atom is 0.246 e. The molecule has 0 bridgehead atoms. The number of anilines is 1. The number of likely N-dealkylation sites (N-methyl/N-ethyl adjacent to an activating group) is 1. The van der Waals surface area contributed by atoms with Crippen LogP contribution in [0.2, 0.25) is 0 Å². The van der Waals surface area contributed by atoms with Crippen molar-refractivity contribution in [3.63, 3.8) is 0 Å². The van der Waals surface area contributed by atoms with Crippen molar-refractivity contribution in [3.8, 4) is 0 Å². The van der Waals surface area contributed by atoms with E-state index in [1.54, 1.807) is 20.8 Å². The molecule has 0 aromatic heterocycles. The highest BCUT2D eigenvalue weighted by molar-refractivity contribution is 7.89. The van der Waals surface area contributed by atoms with E-state index in [0.717, 1.165) is 16.4 Å². The van der Waals surface area contributed by atoms with Gasteiger partial charge < -0.3 is 10.8 Å². The molecule has 0 aliphatic carbocycles. The molecule has 7 heteroatoms. The number of hydrogen-bond donors (Lipinski definition) is 2. The van der Waals surface area contributed by atoms with Gasteiger partial charge in [0, 0.05) is 12.7 Å². The summed E-state index contributed by atoms with van der Waals surface area (Å²) in [4.78, 5) is -0.486. The molecule has 0 saturated carbocycles. The molecule has 0 fully saturated rings. The van der Waals surface area contributed by atoms with E-state index in [9.17, 15) is 17.9 Å². The Labute approximate surface area is 112 Å². The van der Waals surface area contributed by atoms with E-state index in [4.69, 9.17) is 5.73 Å². The van der Waals surface area contributed by atoms with Gasteiger partial charge in [0.05, 0.1) is 12.1 Å². The summed E-state index contributed by atoms with van der Waals surface area (Å²) < 4.78 is 39.5. The molecule has 108 valence electrons. The van der Waals surface area contributed by atoms with Crippen LogP contribution in [0.15, 0.2) is 17.0 Å². The van der Waals surface area contributed by atoms with Crippen LogP contribution in [0.25, 0.3) is 0 Å². The lowest BCUT2D eigenvalue weighted by Crippen LogP contribution is -2.47. The van der Waals surface area contributed by atoms with Crippen LogP contribution in [0.4, 0.5) is 10.1 Å². The van der Waals surface area contributed by atoms with Gasteiger partial charge in [-0.25, -0.2) is 12.8 Å². The minimum Gasteiger partial charge on any atom is -0.398 e. The second-order valence-electron chi connectivity index (χ2n) is 5.08. The van der Waals surface area contributed by atoms with Crippen molar-refractivity contribution in [2.75, 3.05) is 19.4 Å². The van der Waals surface area contributed by atoms with E-state index in [0.29, 0.717) is 5.56 Å². The first-order chi connectivity index (χ1) is 8.54. The number of benzene rings is 1. The van der Waals surface area contributed by atoms with Crippen molar-refractivity contribution in [2.45, 2.75) is 31.2 Å². The predicted molar refractivity (Wildman–Crippen MR) is 71.7 cm³/mol. The third-order valence-corrected chi connectivity index (χ3v) is 5.28.